The average molecular weight is 199 g/mol. The first kappa shape index (κ1) is 10.9. The fraction of sp³-hybridized carbons (Fsp3) is 0.750. The van der Waals surface area contributed by atoms with Gasteiger partial charge in [-0.15, -0.1) is 10.2 Å². The molecule has 0 bridgehead atoms. The molecule has 80 valence electrons. The van der Waals surface area contributed by atoms with Gasteiger partial charge < -0.3 is 20.4 Å². The van der Waals surface area contributed by atoms with Crippen molar-refractivity contribution in [2.24, 2.45) is 12.8 Å². The molecule has 0 saturated heterocycles. The fourth-order valence-corrected chi connectivity index (χ4v) is 1.22. The normalized spacial score (nSPS) is 12.9. The molecule has 0 aliphatic heterocycles. The zero-order valence-electron chi connectivity index (χ0n) is 8.82. The van der Waals surface area contributed by atoms with Crippen LogP contribution in [0.15, 0.2) is 0 Å². The molecule has 6 heteroatoms. The van der Waals surface area contributed by atoms with Crippen LogP contribution in [0, 0.1) is 0 Å². The topological polar surface area (TPSA) is 78.0 Å². The van der Waals surface area contributed by atoms with Crippen LogP contribution in [0.5, 0.6) is 0 Å². The molecule has 1 heterocycles. The van der Waals surface area contributed by atoms with E-state index in [0.717, 1.165) is 11.8 Å². The number of nitrogens with two attached hydrogens (primary N) is 1. The molecule has 0 radical (unpaired) electrons. The molecule has 0 saturated carbocycles. The van der Waals surface area contributed by atoms with Gasteiger partial charge in [-0.05, 0) is 0 Å². The average Bonchev–Trinajstić information content (AvgIpc) is 2.56. The minimum Gasteiger partial charge on any atom is -0.380 e. The Kier molecular flexibility index (Phi) is 3.84. The Hall–Kier alpha value is -1.14. The van der Waals surface area contributed by atoms with E-state index in [1.165, 1.54) is 0 Å². The van der Waals surface area contributed by atoms with E-state index >= 15 is 0 Å². The van der Waals surface area contributed by atoms with Crippen molar-refractivity contribution in [2.45, 2.75) is 12.5 Å². The maximum atomic E-state index is 5.52. The van der Waals surface area contributed by atoms with E-state index < -0.39 is 0 Å². The van der Waals surface area contributed by atoms with Gasteiger partial charge in [0.25, 0.3) is 0 Å². The summed E-state index contributed by atoms with van der Waals surface area (Å²) in [6.45, 7) is 0.484. The summed E-state index contributed by atoms with van der Waals surface area (Å²) in [6, 6.07) is 0. The highest BCUT2D eigenvalue weighted by atomic mass is 16.5. The minimum atomic E-state index is 0.00241. The number of nitrogens with zero attached hydrogens (tertiary/aromatic N) is 3. The van der Waals surface area contributed by atoms with Crippen LogP contribution in [-0.4, -0.2) is 41.6 Å². The molecule has 0 aliphatic carbocycles. The van der Waals surface area contributed by atoms with Crippen molar-refractivity contribution in [3.8, 4) is 0 Å². The third kappa shape index (κ3) is 2.21. The van der Waals surface area contributed by atoms with E-state index in [1.54, 1.807) is 7.11 Å². The molecule has 6 nitrogen and oxygen atoms in total. The van der Waals surface area contributed by atoms with Crippen LogP contribution in [0.1, 0.15) is 5.82 Å². The maximum absolute atomic E-state index is 5.52. The third-order valence-electron chi connectivity index (χ3n) is 2.20. The third-order valence-corrected chi connectivity index (χ3v) is 2.20. The monoisotopic (exact) mass is 199 g/mol. The Bertz CT molecular complexity index is 281. The molecular weight excluding hydrogens is 182 g/mol. The lowest BCUT2D eigenvalue weighted by molar-refractivity contribution is 0.107. The molecule has 0 fully saturated rings. The van der Waals surface area contributed by atoms with Crippen LogP contribution in [0.2, 0.25) is 0 Å². The molecule has 1 unspecified atom stereocenters. The Morgan fingerprint density at radius 1 is 1.57 bits per heavy atom. The highest BCUT2D eigenvalue weighted by Crippen LogP contribution is 2.06. The molecule has 0 spiro atoms. The minimum absolute atomic E-state index is 0.00241. The van der Waals surface area contributed by atoms with Gasteiger partial charge in [0.05, 0.1) is 6.10 Å². The molecule has 0 amide bonds. The quantitative estimate of drug-likeness (QED) is 0.660. The second kappa shape index (κ2) is 4.92. The second-order valence-electron chi connectivity index (χ2n) is 3.05. The lowest BCUT2D eigenvalue weighted by Gasteiger charge is -2.11. The molecule has 1 aromatic heterocycles. The summed E-state index contributed by atoms with van der Waals surface area (Å²) in [6.07, 6.45) is 0.681. The van der Waals surface area contributed by atoms with Crippen molar-refractivity contribution in [3.63, 3.8) is 0 Å². The predicted molar refractivity (Wildman–Crippen MR) is 54.1 cm³/mol. The summed E-state index contributed by atoms with van der Waals surface area (Å²) in [5.74, 6) is 1.61. The van der Waals surface area contributed by atoms with Gasteiger partial charge in [0.1, 0.15) is 5.82 Å². The Morgan fingerprint density at radius 3 is 2.71 bits per heavy atom. The number of hydrogen-bond donors (Lipinski definition) is 2. The van der Waals surface area contributed by atoms with Crippen molar-refractivity contribution in [2.75, 3.05) is 26.0 Å². The van der Waals surface area contributed by atoms with E-state index in [0.29, 0.717) is 13.0 Å². The first-order valence-electron chi connectivity index (χ1n) is 4.51. The largest absolute Gasteiger partial charge is 0.380 e. The van der Waals surface area contributed by atoms with Crippen molar-refractivity contribution < 1.29 is 4.74 Å². The molecule has 3 N–H and O–H groups in total. The number of methoxy groups -OCH3 is 1. The summed E-state index contributed by atoms with van der Waals surface area (Å²) >= 11 is 0. The first-order valence-corrected chi connectivity index (χ1v) is 4.51. The van der Waals surface area contributed by atoms with Gasteiger partial charge in [0.2, 0.25) is 5.95 Å². The molecule has 0 aliphatic rings. The zero-order valence-corrected chi connectivity index (χ0v) is 8.82. The summed E-state index contributed by atoms with van der Waals surface area (Å²) in [4.78, 5) is 0. The van der Waals surface area contributed by atoms with Gasteiger partial charge in [-0.25, -0.2) is 0 Å². The highest BCUT2D eigenvalue weighted by molar-refractivity contribution is 5.23. The molecule has 0 aromatic carbocycles. The van der Waals surface area contributed by atoms with Gasteiger partial charge in [0, 0.05) is 34.2 Å². The SMILES string of the molecule is CNc1nnc(CC(CN)OC)n1C. The fourth-order valence-electron chi connectivity index (χ4n) is 1.22. The number of ether oxygens (including phenoxy) is 1. The van der Waals surface area contributed by atoms with Gasteiger partial charge >= 0.3 is 0 Å². The first-order chi connectivity index (χ1) is 6.72. The van der Waals surface area contributed by atoms with Gasteiger partial charge in [-0.3, -0.25) is 0 Å². The van der Waals surface area contributed by atoms with Gasteiger partial charge in [-0.1, -0.05) is 0 Å². The van der Waals surface area contributed by atoms with E-state index in [1.807, 2.05) is 18.7 Å². The van der Waals surface area contributed by atoms with Crippen LogP contribution in [0.4, 0.5) is 5.95 Å². The van der Waals surface area contributed by atoms with Crippen LogP contribution < -0.4 is 11.1 Å². The van der Waals surface area contributed by atoms with Crippen LogP contribution in [0.25, 0.3) is 0 Å². The van der Waals surface area contributed by atoms with Crippen molar-refractivity contribution >= 4 is 5.95 Å². The second-order valence-corrected chi connectivity index (χ2v) is 3.05. The maximum Gasteiger partial charge on any atom is 0.224 e. The Labute approximate surface area is 83.5 Å². The zero-order chi connectivity index (χ0) is 10.6. The smallest absolute Gasteiger partial charge is 0.224 e. The lowest BCUT2D eigenvalue weighted by atomic mass is 10.2. The highest BCUT2D eigenvalue weighted by Gasteiger charge is 2.12. The van der Waals surface area contributed by atoms with E-state index in [9.17, 15) is 0 Å². The predicted octanol–water partition coefficient (Wildman–Crippen LogP) is -0.627. The summed E-state index contributed by atoms with van der Waals surface area (Å²) in [7, 11) is 5.36. The van der Waals surface area contributed by atoms with E-state index in [-0.39, 0.29) is 6.10 Å². The van der Waals surface area contributed by atoms with Gasteiger partial charge in [0.15, 0.2) is 0 Å². The molecule has 1 atom stereocenters. The van der Waals surface area contributed by atoms with Crippen molar-refractivity contribution in [1.82, 2.24) is 14.8 Å². The number of nitrogens with one attached hydrogen (secondary N) is 1. The number of rotatable bonds is 5. The molecule has 1 aromatic rings. The Balaban J connectivity index is 2.71. The standard InChI is InChI=1S/C8H17N5O/c1-10-8-12-11-7(13(8)2)4-6(5-9)14-3/h6H,4-5,9H2,1-3H3,(H,10,12). The number of anilines is 1. The lowest BCUT2D eigenvalue weighted by Crippen LogP contribution is -2.26. The van der Waals surface area contributed by atoms with Crippen molar-refractivity contribution in [3.05, 3.63) is 5.82 Å². The van der Waals surface area contributed by atoms with E-state index in [2.05, 4.69) is 15.5 Å². The van der Waals surface area contributed by atoms with Crippen LogP contribution in [0.3, 0.4) is 0 Å². The Morgan fingerprint density at radius 2 is 2.29 bits per heavy atom. The molecule has 14 heavy (non-hydrogen) atoms. The summed E-state index contributed by atoms with van der Waals surface area (Å²) in [5.41, 5.74) is 5.52. The van der Waals surface area contributed by atoms with Gasteiger partial charge in [-0.2, -0.15) is 0 Å². The molecular formula is C8H17N5O. The van der Waals surface area contributed by atoms with Crippen LogP contribution >= 0.6 is 0 Å². The van der Waals surface area contributed by atoms with E-state index in [4.69, 9.17) is 10.5 Å². The van der Waals surface area contributed by atoms with Crippen molar-refractivity contribution in [1.29, 1.82) is 0 Å². The number of aromatic nitrogens is 3. The summed E-state index contributed by atoms with van der Waals surface area (Å²) < 4.78 is 7.07. The summed E-state index contributed by atoms with van der Waals surface area (Å²) in [5, 5.41) is 10.9. The molecule has 1 rings (SSSR count). The van der Waals surface area contributed by atoms with Crippen LogP contribution in [-0.2, 0) is 18.2 Å². The number of hydrogen-bond acceptors (Lipinski definition) is 5.